The van der Waals surface area contributed by atoms with E-state index in [1.54, 1.807) is 20.3 Å². The third-order valence-corrected chi connectivity index (χ3v) is 3.85. The SMILES string of the molecule is COc1ccc(CCNc2n[nH]c(=O)c3ccccc23)cc1OC. The van der Waals surface area contributed by atoms with Gasteiger partial charge in [0.1, 0.15) is 0 Å². The lowest BCUT2D eigenvalue weighted by molar-refractivity contribution is 0.354. The Labute approximate surface area is 139 Å². The fourth-order valence-electron chi connectivity index (χ4n) is 2.61. The maximum Gasteiger partial charge on any atom is 0.272 e. The molecule has 124 valence electrons. The molecular weight excluding hydrogens is 306 g/mol. The number of H-pyrrole nitrogens is 1. The molecule has 0 spiro atoms. The van der Waals surface area contributed by atoms with Crippen LogP contribution in [0.5, 0.6) is 11.5 Å². The Hall–Kier alpha value is -3.02. The predicted octanol–water partition coefficient (Wildman–Crippen LogP) is 2.59. The van der Waals surface area contributed by atoms with Gasteiger partial charge in [0.05, 0.1) is 19.6 Å². The van der Waals surface area contributed by atoms with Crippen molar-refractivity contribution >= 4 is 16.6 Å². The first-order valence-electron chi connectivity index (χ1n) is 7.65. The Bertz CT molecular complexity index is 905. The van der Waals surface area contributed by atoms with E-state index in [9.17, 15) is 4.79 Å². The predicted molar refractivity (Wildman–Crippen MR) is 94.1 cm³/mol. The molecule has 6 heteroatoms. The largest absolute Gasteiger partial charge is 0.493 e. The Morgan fingerprint density at radius 2 is 1.79 bits per heavy atom. The van der Waals surface area contributed by atoms with Crippen LogP contribution >= 0.6 is 0 Å². The molecule has 0 bridgehead atoms. The zero-order valence-corrected chi connectivity index (χ0v) is 13.6. The molecule has 24 heavy (non-hydrogen) atoms. The summed E-state index contributed by atoms with van der Waals surface area (Å²) < 4.78 is 10.6. The molecule has 1 heterocycles. The minimum absolute atomic E-state index is 0.184. The summed E-state index contributed by atoms with van der Waals surface area (Å²) in [6.07, 6.45) is 0.787. The van der Waals surface area contributed by atoms with Crippen molar-refractivity contribution in [2.24, 2.45) is 0 Å². The van der Waals surface area contributed by atoms with Gasteiger partial charge in [-0.1, -0.05) is 24.3 Å². The van der Waals surface area contributed by atoms with Crippen LogP contribution in [0.25, 0.3) is 10.8 Å². The minimum Gasteiger partial charge on any atom is -0.493 e. The molecule has 0 saturated heterocycles. The quantitative estimate of drug-likeness (QED) is 0.728. The lowest BCUT2D eigenvalue weighted by Crippen LogP contribution is -2.13. The van der Waals surface area contributed by atoms with Gasteiger partial charge in [0.25, 0.3) is 5.56 Å². The van der Waals surface area contributed by atoms with E-state index >= 15 is 0 Å². The fraction of sp³-hybridized carbons (Fsp3) is 0.222. The molecule has 0 aliphatic heterocycles. The highest BCUT2D eigenvalue weighted by Gasteiger charge is 2.07. The number of anilines is 1. The van der Waals surface area contributed by atoms with E-state index in [2.05, 4.69) is 15.5 Å². The zero-order chi connectivity index (χ0) is 16.9. The molecule has 0 saturated carbocycles. The van der Waals surface area contributed by atoms with Crippen molar-refractivity contribution in [1.82, 2.24) is 10.2 Å². The molecule has 0 atom stereocenters. The minimum atomic E-state index is -0.184. The number of methoxy groups -OCH3 is 2. The molecule has 3 rings (SSSR count). The van der Waals surface area contributed by atoms with E-state index in [1.165, 1.54) is 0 Å². The number of aromatic nitrogens is 2. The third kappa shape index (κ3) is 3.17. The normalized spacial score (nSPS) is 10.6. The number of fused-ring (bicyclic) bond motifs is 1. The Kier molecular flexibility index (Phi) is 4.65. The standard InChI is InChI=1S/C18H19N3O3/c1-23-15-8-7-12(11-16(15)24-2)9-10-19-17-13-5-3-4-6-14(13)18(22)21-20-17/h3-8,11H,9-10H2,1-2H3,(H,19,20)(H,21,22). The molecule has 2 N–H and O–H groups in total. The van der Waals surface area contributed by atoms with Gasteiger partial charge in [0.15, 0.2) is 17.3 Å². The number of rotatable bonds is 6. The van der Waals surface area contributed by atoms with Crippen LogP contribution in [-0.2, 0) is 6.42 Å². The van der Waals surface area contributed by atoms with Crippen LogP contribution in [0, 0.1) is 0 Å². The van der Waals surface area contributed by atoms with Gasteiger partial charge < -0.3 is 14.8 Å². The van der Waals surface area contributed by atoms with Gasteiger partial charge in [-0.2, -0.15) is 5.10 Å². The number of hydrogen-bond acceptors (Lipinski definition) is 5. The summed E-state index contributed by atoms with van der Waals surface area (Å²) in [4.78, 5) is 11.8. The molecule has 0 aliphatic rings. The van der Waals surface area contributed by atoms with E-state index in [1.807, 2.05) is 36.4 Å². The first kappa shape index (κ1) is 15.9. The van der Waals surface area contributed by atoms with E-state index in [0.29, 0.717) is 29.2 Å². The number of ether oxygens (including phenoxy) is 2. The second-order valence-corrected chi connectivity index (χ2v) is 5.31. The van der Waals surface area contributed by atoms with Gasteiger partial charge in [-0.25, -0.2) is 5.10 Å². The van der Waals surface area contributed by atoms with Gasteiger partial charge in [-0.15, -0.1) is 0 Å². The highest BCUT2D eigenvalue weighted by Crippen LogP contribution is 2.27. The second kappa shape index (κ2) is 7.04. The summed E-state index contributed by atoms with van der Waals surface area (Å²) in [7, 11) is 3.24. The summed E-state index contributed by atoms with van der Waals surface area (Å²) in [6, 6.07) is 13.3. The van der Waals surface area contributed by atoms with Crippen LogP contribution in [0.15, 0.2) is 47.3 Å². The maximum absolute atomic E-state index is 11.8. The van der Waals surface area contributed by atoms with Crippen LogP contribution in [0.4, 0.5) is 5.82 Å². The van der Waals surface area contributed by atoms with Crippen molar-refractivity contribution in [3.05, 3.63) is 58.4 Å². The molecule has 1 aromatic heterocycles. The zero-order valence-electron chi connectivity index (χ0n) is 13.6. The summed E-state index contributed by atoms with van der Waals surface area (Å²) in [6.45, 7) is 0.679. The summed E-state index contributed by atoms with van der Waals surface area (Å²) >= 11 is 0. The van der Waals surface area contributed by atoms with Crippen LogP contribution in [0.1, 0.15) is 5.56 Å². The maximum atomic E-state index is 11.8. The van der Waals surface area contributed by atoms with E-state index in [4.69, 9.17) is 9.47 Å². The monoisotopic (exact) mass is 325 g/mol. The highest BCUT2D eigenvalue weighted by molar-refractivity contribution is 5.90. The van der Waals surface area contributed by atoms with Crippen LogP contribution in [0.2, 0.25) is 0 Å². The summed E-state index contributed by atoms with van der Waals surface area (Å²) in [5, 5.41) is 11.3. The summed E-state index contributed by atoms with van der Waals surface area (Å²) in [5.41, 5.74) is 0.935. The van der Waals surface area contributed by atoms with Gasteiger partial charge in [0, 0.05) is 11.9 Å². The lowest BCUT2D eigenvalue weighted by atomic mass is 10.1. The van der Waals surface area contributed by atoms with Crippen molar-refractivity contribution in [1.29, 1.82) is 0 Å². The average molecular weight is 325 g/mol. The fourth-order valence-corrected chi connectivity index (χ4v) is 2.61. The molecule has 0 unspecified atom stereocenters. The van der Waals surface area contributed by atoms with Crippen LogP contribution < -0.4 is 20.3 Å². The molecule has 6 nitrogen and oxygen atoms in total. The van der Waals surface area contributed by atoms with E-state index in [-0.39, 0.29) is 5.56 Å². The third-order valence-electron chi connectivity index (χ3n) is 3.85. The molecule has 0 amide bonds. The molecule has 0 aliphatic carbocycles. The van der Waals surface area contributed by atoms with Crippen molar-refractivity contribution < 1.29 is 9.47 Å². The number of hydrogen-bond donors (Lipinski definition) is 2. The molecule has 0 radical (unpaired) electrons. The van der Waals surface area contributed by atoms with Crippen LogP contribution in [-0.4, -0.2) is 31.0 Å². The molecular formula is C18H19N3O3. The molecule has 2 aromatic carbocycles. The Balaban J connectivity index is 1.73. The van der Waals surface area contributed by atoms with Crippen molar-refractivity contribution in [3.63, 3.8) is 0 Å². The first-order chi connectivity index (χ1) is 11.7. The van der Waals surface area contributed by atoms with Gasteiger partial charge in [0.2, 0.25) is 0 Å². The number of benzene rings is 2. The lowest BCUT2D eigenvalue weighted by Gasteiger charge is -2.11. The smallest absolute Gasteiger partial charge is 0.272 e. The van der Waals surface area contributed by atoms with Crippen LogP contribution in [0.3, 0.4) is 0 Å². The Morgan fingerprint density at radius 1 is 1.04 bits per heavy atom. The van der Waals surface area contributed by atoms with Gasteiger partial charge >= 0.3 is 0 Å². The van der Waals surface area contributed by atoms with E-state index in [0.717, 1.165) is 17.4 Å². The molecule has 3 aromatic rings. The second-order valence-electron chi connectivity index (χ2n) is 5.31. The highest BCUT2D eigenvalue weighted by atomic mass is 16.5. The Morgan fingerprint density at radius 3 is 2.54 bits per heavy atom. The first-order valence-corrected chi connectivity index (χ1v) is 7.65. The average Bonchev–Trinajstić information content (AvgIpc) is 2.63. The number of nitrogens with zero attached hydrogens (tertiary/aromatic N) is 1. The molecule has 0 fully saturated rings. The van der Waals surface area contributed by atoms with Gasteiger partial charge in [-0.05, 0) is 30.2 Å². The van der Waals surface area contributed by atoms with Gasteiger partial charge in [-0.3, -0.25) is 4.79 Å². The van der Waals surface area contributed by atoms with Crippen molar-refractivity contribution in [2.75, 3.05) is 26.1 Å². The topological polar surface area (TPSA) is 76.2 Å². The van der Waals surface area contributed by atoms with Crippen molar-refractivity contribution in [3.8, 4) is 11.5 Å². The van der Waals surface area contributed by atoms with E-state index < -0.39 is 0 Å². The van der Waals surface area contributed by atoms with Crippen molar-refractivity contribution in [2.45, 2.75) is 6.42 Å². The number of aromatic amines is 1. The number of nitrogens with one attached hydrogen (secondary N) is 2. The summed E-state index contributed by atoms with van der Waals surface area (Å²) in [5.74, 6) is 2.09.